The Morgan fingerprint density at radius 2 is 0.964 bits per heavy atom. The van der Waals surface area contributed by atoms with E-state index >= 15 is 0 Å². The normalized spacial score (nSPS) is 11.9. The second-order valence-corrected chi connectivity index (χ2v) is 11.8. The van der Waals surface area contributed by atoms with Gasteiger partial charge in [-0.2, -0.15) is 0 Å². The van der Waals surface area contributed by atoms with E-state index in [1.807, 2.05) is 45.3 Å². The lowest BCUT2D eigenvalue weighted by molar-refractivity contribution is 1.64. The SMILES string of the molecule is Cc1ccc(-c2ccc3c(c2)sc2c4ccc(-c5ccc(C)s5)cc4sc32)s1. The first-order valence-electron chi connectivity index (χ1n) is 9.18. The summed E-state index contributed by atoms with van der Waals surface area (Å²) in [4.78, 5) is 5.45. The smallest absolute Gasteiger partial charge is 0.0542 e. The zero-order chi connectivity index (χ0) is 18.8. The van der Waals surface area contributed by atoms with Gasteiger partial charge in [-0.05, 0) is 61.4 Å². The van der Waals surface area contributed by atoms with Gasteiger partial charge in [0, 0.05) is 39.7 Å². The van der Waals surface area contributed by atoms with Gasteiger partial charge >= 0.3 is 0 Å². The van der Waals surface area contributed by atoms with Crippen molar-refractivity contribution in [3.8, 4) is 20.9 Å². The molecule has 0 atom stereocenters. The summed E-state index contributed by atoms with van der Waals surface area (Å²) < 4.78 is 5.65. The lowest BCUT2D eigenvalue weighted by atomic mass is 10.1. The van der Waals surface area contributed by atoms with Gasteiger partial charge in [-0.3, -0.25) is 0 Å². The van der Waals surface area contributed by atoms with E-state index < -0.39 is 0 Å². The standard InChI is InChI=1S/C24H16S4/c1-13-3-9-19(25-13)15-5-7-17-21(11-15)27-24-18-8-6-16(12-22(18)28-23(17)24)20-10-4-14(2)26-20/h3-12H,1-2H3. The van der Waals surface area contributed by atoms with E-state index in [1.165, 1.54) is 60.2 Å². The summed E-state index contributed by atoms with van der Waals surface area (Å²) in [5.74, 6) is 0. The van der Waals surface area contributed by atoms with Crippen LogP contribution in [0.15, 0.2) is 60.7 Å². The molecule has 0 N–H and O–H groups in total. The molecule has 0 bridgehead atoms. The first kappa shape index (κ1) is 16.9. The molecule has 0 unspecified atom stereocenters. The van der Waals surface area contributed by atoms with Crippen LogP contribution in [-0.2, 0) is 0 Å². The van der Waals surface area contributed by atoms with Crippen LogP contribution in [0.2, 0.25) is 0 Å². The molecule has 0 aliphatic carbocycles. The van der Waals surface area contributed by atoms with E-state index in [1.54, 1.807) is 0 Å². The monoisotopic (exact) mass is 432 g/mol. The highest BCUT2D eigenvalue weighted by molar-refractivity contribution is 7.36. The lowest BCUT2D eigenvalue weighted by Crippen LogP contribution is -1.71. The summed E-state index contributed by atoms with van der Waals surface area (Å²) in [7, 11) is 0. The molecule has 0 nitrogen and oxygen atoms in total. The largest absolute Gasteiger partial charge is 0.141 e. The molecular weight excluding hydrogens is 417 g/mol. The van der Waals surface area contributed by atoms with Gasteiger partial charge in [-0.15, -0.1) is 45.3 Å². The summed E-state index contributed by atoms with van der Waals surface area (Å²) in [6.07, 6.45) is 0. The number of hydrogen-bond donors (Lipinski definition) is 0. The summed E-state index contributed by atoms with van der Waals surface area (Å²) in [5.41, 5.74) is 2.67. The van der Waals surface area contributed by atoms with Crippen LogP contribution < -0.4 is 0 Å². The molecule has 136 valence electrons. The summed E-state index contributed by atoms with van der Waals surface area (Å²) in [6, 6.07) is 22.8. The highest BCUT2D eigenvalue weighted by atomic mass is 32.1. The van der Waals surface area contributed by atoms with E-state index in [0.29, 0.717) is 0 Å². The Balaban J connectivity index is 1.52. The van der Waals surface area contributed by atoms with Gasteiger partial charge in [-0.1, -0.05) is 24.3 Å². The molecule has 2 aromatic carbocycles. The van der Waals surface area contributed by atoms with Crippen molar-refractivity contribution in [1.29, 1.82) is 0 Å². The zero-order valence-corrected chi connectivity index (χ0v) is 18.7. The van der Waals surface area contributed by atoms with Crippen LogP contribution in [0.4, 0.5) is 0 Å². The van der Waals surface area contributed by atoms with Crippen molar-refractivity contribution in [3.63, 3.8) is 0 Å². The zero-order valence-electron chi connectivity index (χ0n) is 15.4. The van der Waals surface area contributed by atoms with Gasteiger partial charge in [0.05, 0.1) is 9.40 Å². The Labute approximate surface area is 179 Å². The van der Waals surface area contributed by atoms with Gasteiger partial charge in [0.2, 0.25) is 0 Å². The van der Waals surface area contributed by atoms with Crippen molar-refractivity contribution >= 4 is 74.9 Å². The van der Waals surface area contributed by atoms with Crippen molar-refractivity contribution < 1.29 is 0 Å². The summed E-state index contributed by atoms with van der Waals surface area (Å²) in [6.45, 7) is 4.34. The molecule has 4 heteroatoms. The fourth-order valence-electron chi connectivity index (χ4n) is 3.74. The molecular formula is C24H16S4. The van der Waals surface area contributed by atoms with Crippen molar-refractivity contribution in [1.82, 2.24) is 0 Å². The van der Waals surface area contributed by atoms with Gasteiger partial charge in [0.15, 0.2) is 0 Å². The highest BCUT2D eigenvalue weighted by Crippen LogP contribution is 2.46. The fraction of sp³-hybridized carbons (Fsp3) is 0.0833. The van der Waals surface area contributed by atoms with Crippen molar-refractivity contribution in [2.75, 3.05) is 0 Å². The quantitative estimate of drug-likeness (QED) is 0.256. The Morgan fingerprint density at radius 1 is 0.500 bits per heavy atom. The van der Waals surface area contributed by atoms with Gasteiger partial charge in [-0.25, -0.2) is 0 Å². The second-order valence-electron chi connectivity index (χ2n) is 7.10. The van der Waals surface area contributed by atoms with Crippen LogP contribution in [0.3, 0.4) is 0 Å². The molecule has 28 heavy (non-hydrogen) atoms. The molecule has 0 aliphatic heterocycles. The molecule has 0 saturated heterocycles. The number of fused-ring (bicyclic) bond motifs is 5. The number of benzene rings is 2. The Bertz CT molecular complexity index is 1370. The van der Waals surface area contributed by atoms with E-state index in [2.05, 4.69) is 74.5 Å². The first-order valence-corrected chi connectivity index (χ1v) is 12.4. The molecule has 6 aromatic rings. The Kier molecular flexibility index (Phi) is 3.78. The Hall–Kier alpha value is -1.98. The van der Waals surface area contributed by atoms with Crippen LogP contribution >= 0.6 is 45.3 Å². The van der Waals surface area contributed by atoms with Crippen LogP contribution in [0.25, 0.3) is 50.5 Å². The minimum atomic E-state index is 1.33. The molecule has 4 aromatic heterocycles. The van der Waals surface area contributed by atoms with Gasteiger partial charge < -0.3 is 0 Å². The van der Waals surface area contributed by atoms with E-state index in [-0.39, 0.29) is 0 Å². The predicted octanol–water partition coefficient (Wildman–Crippen LogP) is 9.34. The average Bonchev–Trinajstić information content (AvgIpc) is 3.44. The summed E-state index contributed by atoms with van der Waals surface area (Å²) in [5, 5.41) is 2.79. The van der Waals surface area contributed by atoms with Gasteiger partial charge in [0.1, 0.15) is 0 Å². The second kappa shape index (κ2) is 6.26. The minimum Gasteiger partial charge on any atom is -0.141 e. The predicted molar refractivity (Wildman–Crippen MR) is 131 cm³/mol. The van der Waals surface area contributed by atoms with Crippen LogP contribution in [0, 0.1) is 13.8 Å². The summed E-state index contributed by atoms with van der Waals surface area (Å²) >= 11 is 7.61. The molecule has 0 amide bonds. The fourth-order valence-corrected chi connectivity index (χ4v) is 8.20. The third-order valence-electron chi connectivity index (χ3n) is 5.13. The highest BCUT2D eigenvalue weighted by Gasteiger charge is 2.14. The molecule has 0 fully saturated rings. The maximum Gasteiger partial charge on any atom is 0.0542 e. The topological polar surface area (TPSA) is 0 Å². The number of aryl methyl sites for hydroxylation is 2. The number of hydrogen-bond acceptors (Lipinski definition) is 4. The molecule has 0 saturated carbocycles. The number of rotatable bonds is 2. The maximum atomic E-state index is 2.37. The van der Waals surface area contributed by atoms with E-state index in [9.17, 15) is 0 Å². The molecule has 0 spiro atoms. The third kappa shape index (κ3) is 2.60. The minimum absolute atomic E-state index is 1.33. The van der Waals surface area contributed by atoms with E-state index in [0.717, 1.165) is 0 Å². The van der Waals surface area contributed by atoms with Crippen molar-refractivity contribution in [2.24, 2.45) is 0 Å². The third-order valence-corrected chi connectivity index (χ3v) is 9.73. The van der Waals surface area contributed by atoms with Crippen molar-refractivity contribution in [3.05, 3.63) is 70.4 Å². The molecule has 6 rings (SSSR count). The first-order chi connectivity index (χ1) is 13.7. The maximum absolute atomic E-state index is 2.37. The van der Waals surface area contributed by atoms with Crippen LogP contribution in [0.5, 0.6) is 0 Å². The molecule has 0 aliphatic rings. The van der Waals surface area contributed by atoms with Crippen LogP contribution in [0.1, 0.15) is 9.75 Å². The van der Waals surface area contributed by atoms with Gasteiger partial charge in [0.25, 0.3) is 0 Å². The average molecular weight is 433 g/mol. The van der Waals surface area contributed by atoms with Crippen molar-refractivity contribution in [2.45, 2.75) is 13.8 Å². The lowest BCUT2D eigenvalue weighted by Gasteiger charge is -1.99. The molecule has 0 radical (unpaired) electrons. The Morgan fingerprint density at radius 3 is 1.36 bits per heavy atom. The van der Waals surface area contributed by atoms with Crippen LogP contribution in [-0.4, -0.2) is 0 Å². The number of thiophene rings is 4. The molecule has 4 heterocycles. The van der Waals surface area contributed by atoms with E-state index in [4.69, 9.17) is 0 Å².